The zero-order valence-corrected chi connectivity index (χ0v) is 15.9. The van der Waals surface area contributed by atoms with E-state index in [2.05, 4.69) is 6.92 Å². The normalized spacial score (nSPS) is 10.1. The fourth-order valence-electron chi connectivity index (χ4n) is 3.10. The van der Waals surface area contributed by atoms with Gasteiger partial charge in [0.1, 0.15) is 0 Å². The van der Waals surface area contributed by atoms with E-state index in [-0.39, 0.29) is 11.5 Å². The van der Waals surface area contributed by atoms with Gasteiger partial charge in [-0.2, -0.15) is 0 Å². The number of aryl methyl sites for hydroxylation is 1. The van der Waals surface area contributed by atoms with Crippen LogP contribution in [0.3, 0.4) is 0 Å². The molecule has 0 saturated carbocycles. The molecule has 2 heteroatoms. The van der Waals surface area contributed by atoms with E-state index in [1.165, 1.54) is 0 Å². The Morgan fingerprint density at radius 3 is 1.73 bits per heavy atom. The smallest absolute Gasteiger partial charge is 0.166 e. The predicted molar refractivity (Wildman–Crippen MR) is 111 cm³/mol. The van der Waals surface area contributed by atoms with Crippen LogP contribution in [0.5, 0.6) is 11.5 Å². The molecular weight excluding hydrogens is 320 g/mol. The van der Waals surface area contributed by atoms with Crippen LogP contribution >= 0.6 is 0 Å². The SMILES string of the molecule is CC.CCCCc1cc(O)c(O)c(-c2ccccc2)c1-c1ccccc1. The van der Waals surface area contributed by atoms with Crippen molar-refractivity contribution in [1.82, 2.24) is 0 Å². The van der Waals surface area contributed by atoms with E-state index >= 15 is 0 Å². The van der Waals surface area contributed by atoms with Gasteiger partial charge in [-0.25, -0.2) is 0 Å². The van der Waals surface area contributed by atoms with Crippen LogP contribution in [0.4, 0.5) is 0 Å². The summed E-state index contributed by atoms with van der Waals surface area (Å²) < 4.78 is 0. The molecular formula is C24H28O2. The first-order chi connectivity index (χ1) is 12.7. The second-order valence-electron chi connectivity index (χ2n) is 5.99. The number of hydrogen-bond donors (Lipinski definition) is 2. The molecule has 3 aromatic carbocycles. The Kier molecular flexibility index (Phi) is 7.28. The first-order valence-electron chi connectivity index (χ1n) is 9.41. The van der Waals surface area contributed by atoms with Gasteiger partial charge in [-0.3, -0.25) is 0 Å². The summed E-state index contributed by atoms with van der Waals surface area (Å²) in [5.74, 6) is -0.111. The van der Waals surface area contributed by atoms with E-state index in [1.807, 2.05) is 74.5 Å². The van der Waals surface area contributed by atoms with E-state index in [0.717, 1.165) is 41.5 Å². The Morgan fingerprint density at radius 1 is 0.731 bits per heavy atom. The maximum atomic E-state index is 10.6. The number of unbranched alkanes of at least 4 members (excludes halogenated alkanes) is 1. The van der Waals surface area contributed by atoms with Crippen molar-refractivity contribution in [3.63, 3.8) is 0 Å². The van der Waals surface area contributed by atoms with Crippen LogP contribution < -0.4 is 0 Å². The molecule has 0 aliphatic carbocycles. The number of rotatable bonds is 5. The molecule has 0 heterocycles. The van der Waals surface area contributed by atoms with Crippen molar-refractivity contribution in [2.45, 2.75) is 40.0 Å². The number of phenolic OH excluding ortho intramolecular Hbond substituents is 2. The molecule has 0 atom stereocenters. The summed E-state index contributed by atoms with van der Waals surface area (Å²) in [6.45, 7) is 6.15. The maximum Gasteiger partial charge on any atom is 0.166 e. The maximum absolute atomic E-state index is 10.6. The monoisotopic (exact) mass is 348 g/mol. The molecule has 0 radical (unpaired) electrons. The molecule has 0 unspecified atom stereocenters. The van der Waals surface area contributed by atoms with Crippen LogP contribution in [-0.4, -0.2) is 10.2 Å². The largest absolute Gasteiger partial charge is 0.504 e. The lowest BCUT2D eigenvalue weighted by molar-refractivity contribution is 0.404. The Morgan fingerprint density at radius 2 is 1.23 bits per heavy atom. The fourth-order valence-corrected chi connectivity index (χ4v) is 3.10. The van der Waals surface area contributed by atoms with E-state index in [1.54, 1.807) is 6.07 Å². The highest BCUT2D eigenvalue weighted by molar-refractivity contribution is 5.91. The average Bonchev–Trinajstić information content (AvgIpc) is 2.71. The van der Waals surface area contributed by atoms with Crippen molar-refractivity contribution < 1.29 is 10.2 Å². The topological polar surface area (TPSA) is 40.5 Å². The average molecular weight is 348 g/mol. The van der Waals surface area contributed by atoms with Gasteiger partial charge in [0.2, 0.25) is 0 Å². The van der Waals surface area contributed by atoms with Gasteiger partial charge in [-0.05, 0) is 41.2 Å². The van der Waals surface area contributed by atoms with Gasteiger partial charge in [0.05, 0.1) is 0 Å². The lowest BCUT2D eigenvalue weighted by atomic mass is 9.87. The van der Waals surface area contributed by atoms with E-state index in [4.69, 9.17) is 0 Å². The van der Waals surface area contributed by atoms with E-state index in [0.29, 0.717) is 5.56 Å². The lowest BCUT2D eigenvalue weighted by Gasteiger charge is -2.18. The highest BCUT2D eigenvalue weighted by Gasteiger charge is 2.19. The molecule has 2 nitrogen and oxygen atoms in total. The summed E-state index contributed by atoms with van der Waals surface area (Å²) >= 11 is 0. The van der Waals surface area contributed by atoms with Crippen LogP contribution in [0, 0.1) is 0 Å². The van der Waals surface area contributed by atoms with Crippen LogP contribution in [0.15, 0.2) is 66.7 Å². The predicted octanol–water partition coefficient (Wildman–Crippen LogP) is 6.80. The third-order valence-electron chi connectivity index (χ3n) is 4.29. The zero-order valence-electron chi connectivity index (χ0n) is 15.9. The Hall–Kier alpha value is -2.74. The summed E-state index contributed by atoms with van der Waals surface area (Å²) in [4.78, 5) is 0. The minimum Gasteiger partial charge on any atom is -0.504 e. The molecule has 0 amide bonds. The van der Waals surface area contributed by atoms with E-state index < -0.39 is 0 Å². The molecule has 0 bridgehead atoms. The Labute approximate surface area is 156 Å². The molecule has 0 aromatic heterocycles. The third-order valence-corrected chi connectivity index (χ3v) is 4.29. The molecule has 2 N–H and O–H groups in total. The second-order valence-corrected chi connectivity index (χ2v) is 5.99. The Balaban J connectivity index is 0.00000117. The highest BCUT2D eigenvalue weighted by Crippen LogP contribution is 2.46. The molecule has 136 valence electrons. The van der Waals surface area contributed by atoms with Gasteiger partial charge in [-0.1, -0.05) is 87.9 Å². The van der Waals surface area contributed by atoms with Crippen LogP contribution in [-0.2, 0) is 6.42 Å². The summed E-state index contributed by atoms with van der Waals surface area (Å²) in [5, 5.41) is 20.9. The van der Waals surface area contributed by atoms with Crippen LogP contribution in [0.1, 0.15) is 39.2 Å². The van der Waals surface area contributed by atoms with Crippen molar-refractivity contribution in [3.05, 3.63) is 72.3 Å². The molecule has 3 rings (SSSR count). The Bertz CT molecular complexity index is 809. The van der Waals surface area contributed by atoms with Gasteiger partial charge < -0.3 is 10.2 Å². The zero-order chi connectivity index (χ0) is 18.9. The second kappa shape index (κ2) is 9.67. The van der Waals surface area contributed by atoms with Gasteiger partial charge in [0.25, 0.3) is 0 Å². The number of aromatic hydroxyl groups is 2. The van der Waals surface area contributed by atoms with E-state index in [9.17, 15) is 10.2 Å². The molecule has 0 aliphatic heterocycles. The fraction of sp³-hybridized carbons (Fsp3) is 0.250. The molecule has 0 fully saturated rings. The van der Waals surface area contributed by atoms with Crippen molar-refractivity contribution in [3.8, 4) is 33.8 Å². The minimum atomic E-state index is -0.0559. The first kappa shape index (κ1) is 19.6. The van der Waals surface area contributed by atoms with Gasteiger partial charge in [-0.15, -0.1) is 0 Å². The molecule has 0 aliphatic rings. The summed E-state index contributed by atoms with van der Waals surface area (Å²) in [6, 6.07) is 21.5. The highest BCUT2D eigenvalue weighted by atomic mass is 16.3. The number of phenols is 2. The first-order valence-corrected chi connectivity index (χ1v) is 9.41. The standard InChI is InChI=1S/C22H22O2.C2H6/c1-2-3-10-18-15-19(23)22(24)21(17-13-8-5-9-14-17)20(18)16-11-6-4-7-12-16;1-2/h4-9,11-15,23-24H,2-3,10H2,1H3;1-2H3. The number of hydrogen-bond acceptors (Lipinski definition) is 2. The third kappa shape index (κ3) is 4.26. The van der Waals surface area contributed by atoms with Crippen LogP contribution in [0.2, 0.25) is 0 Å². The molecule has 0 spiro atoms. The van der Waals surface area contributed by atoms with Gasteiger partial charge in [0.15, 0.2) is 11.5 Å². The molecule has 0 saturated heterocycles. The van der Waals surface area contributed by atoms with Crippen LogP contribution in [0.25, 0.3) is 22.3 Å². The number of benzene rings is 3. The minimum absolute atomic E-state index is 0.0553. The lowest BCUT2D eigenvalue weighted by Crippen LogP contribution is -1.95. The van der Waals surface area contributed by atoms with Crippen molar-refractivity contribution >= 4 is 0 Å². The molecule has 3 aromatic rings. The molecule has 26 heavy (non-hydrogen) atoms. The summed E-state index contributed by atoms with van der Waals surface area (Å²) in [5.41, 5.74) is 4.73. The van der Waals surface area contributed by atoms with Gasteiger partial charge >= 0.3 is 0 Å². The van der Waals surface area contributed by atoms with Crippen molar-refractivity contribution in [2.75, 3.05) is 0 Å². The quantitative estimate of drug-likeness (QED) is 0.498. The summed E-state index contributed by atoms with van der Waals surface area (Å²) in [6.07, 6.45) is 2.99. The van der Waals surface area contributed by atoms with Crippen molar-refractivity contribution in [1.29, 1.82) is 0 Å². The van der Waals surface area contributed by atoms with Crippen molar-refractivity contribution in [2.24, 2.45) is 0 Å². The van der Waals surface area contributed by atoms with Gasteiger partial charge in [0, 0.05) is 5.56 Å². The summed E-state index contributed by atoms with van der Waals surface area (Å²) in [7, 11) is 0.